The third kappa shape index (κ3) is 1.20. The quantitative estimate of drug-likeness (QED) is 0.737. The van der Waals surface area contributed by atoms with E-state index < -0.39 is 6.29 Å². The number of aromatic nitrogens is 2. The molecule has 64 valence electrons. The standard InChI is InChI=1S/C7H7BrN2O2/c1-10-4-5(8)9-6(10)7-11-2-3-12-7/h2-4,7H,1H3. The van der Waals surface area contributed by atoms with Gasteiger partial charge in [-0.05, 0) is 15.9 Å². The van der Waals surface area contributed by atoms with Gasteiger partial charge in [0.05, 0.1) is 0 Å². The maximum absolute atomic E-state index is 5.13. The zero-order chi connectivity index (χ0) is 8.55. The van der Waals surface area contributed by atoms with Crippen LogP contribution in [0.5, 0.6) is 0 Å². The molecule has 0 unspecified atom stereocenters. The van der Waals surface area contributed by atoms with Crippen molar-refractivity contribution in [2.24, 2.45) is 7.05 Å². The van der Waals surface area contributed by atoms with Gasteiger partial charge in [0.15, 0.2) is 5.82 Å². The molecule has 0 saturated carbocycles. The highest BCUT2D eigenvalue weighted by Gasteiger charge is 2.20. The zero-order valence-electron chi connectivity index (χ0n) is 6.40. The summed E-state index contributed by atoms with van der Waals surface area (Å²) in [6.45, 7) is 0. The molecule has 0 radical (unpaired) electrons. The van der Waals surface area contributed by atoms with E-state index in [9.17, 15) is 0 Å². The highest BCUT2D eigenvalue weighted by molar-refractivity contribution is 9.10. The molecule has 0 amide bonds. The lowest BCUT2D eigenvalue weighted by molar-refractivity contribution is -0.0334. The fourth-order valence-corrected chi connectivity index (χ4v) is 1.51. The van der Waals surface area contributed by atoms with Crippen molar-refractivity contribution in [3.8, 4) is 0 Å². The first-order valence-electron chi connectivity index (χ1n) is 3.42. The van der Waals surface area contributed by atoms with Crippen LogP contribution in [0.25, 0.3) is 0 Å². The van der Waals surface area contributed by atoms with Gasteiger partial charge in [0.2, 0.25) is 0 Å². The van der Waals surface area contributed by atoms with Crippen LogP contribution >= 0.6 is 15.9 Å². The van der Waals surface area contributed by atoms with Crippen LogP contribution in [0.4, 0.5) is 0 Å². The highest BCUT2D eigenvalue weighted by Crippen LogP contribution is 2.23. The number of rotatable bonds is 1. The Morgan fingerprint density at radius 3 is 2.67 bits per heavy atom. The van der Waals surface area contributed by atoms with Crippen LogP contribution in [0.1, 0.15) is 12.1 Å². The Hall–Kier alpha value is -0.970. The molecule has 0 aliphatic carbocycles. The number of ether oxygens (including phenoxy) is 2. The molecule has 2 rings (SSSR count). The molecule has 0 spiro atoms. The summed E-state index contributed by atoms with van der Waals surface area (Å²) in [6.07, 6.45) is 4.46. The van der Waals surface area contributed by atoms with Crippen molar-refractivity contribution in [3.63, 3.8) is 0 Å². The summed E-state index contributed by atoms with van der Waals surface area (Å²) in [5.74, 6) is 0.742. The van der Waals surface area contributed by atoms with E-state index in [1.54, 1.807) is 0 Å². The van der Waals surface area contributed by atoms with Crippen molar-refractivity contribution >= 4 is 15.9 Å². The third-order valence-electron chi connectivity index (χ3n) is 1.55. The van der Waals surface area contributed by atoms with Crippen molar-refractivity contribution in [1.82, 2.24) is 9.55 Å². The van der Waals surface area contributed by atoms with Gasteiger partial charge in [-0.2, -0.15) is 0 Å². The lowest BCUT2D eigenvalue weighted by atomic mass is 10.6. The number of nitrogens with zero attached hydrogens (tertiary/aromatic N) is 2. The van der Waals surface area contributed by atoms with E-state index in [1.807, 2.05) is 17.8 Å². The maximum Gasteiger partial charge on any atom is 0.299 e. The Morgan fingerprint density at radius 2 is 2.17 bits per heavy atom. The Bertz CT molecular complexity index is 313. The summed E-state index contributed by atoms with van der Waals surface area (Å²) >= 11 is 3.27. The molecular weight excluding hydrogens is 224 g/mol. The van der Waals surface area contributed by atoms with Crippen molar-refractivity contribution < 1.29 is 9.47 Å². The average molecular weight is 231 g/mol. The molecule has 0 N–H and O–H groups in total. The van der Waals surface area contributed by atoms with E-state index in [-0.39, 0.29) is 0 Å². The van der Waals surface area contributed by atoms with Crippen molar-refractivity contribution in [2.45, 2.75) is 6.29 Å². The second-order valence-corrected chi connectivity index (χ2v) is 3.22. The van der Waals surface area contributed by atoms with Crippen LogP contribution in [-0.4, -0.2) is 9.55 Å². The van der Waals surface area contributed by atoms with Gasteiger partial charge in [-0.1, -0.05) is 0 Å². The lowest BCUT2D eigenvalue weighted by Crippen LogP contribution is -2.05. The Labute approximate surface area is 77.9 Å². The van der Waals surface area contributed by atoms with E-state index in [0.29, 0.717) is 0 Å². The van der Waals surface area contributed by atoms with Crippen LogP contribution in [0, 0.1) is 0 Å². The Balaban J connectivity index is 2.27. The van der Waals surface area contributed by atoms with Gasteiger partial charge in [-0.25, -0.2) is 4.98 Å². The minimum Gasteiger partial charge on any atom is -0.452 e. The topological polar surface area (TPSA) is 36.3 Å². The average Bonchev–Trinajstić information content (AvgIpc) is 2.58. The fourth-order valence-electron chi connectivity index (χ4n) is 1.02. The van der Waals surface area contributed by atoms with Crippen LogP contribution < -0.4 is 0 Å². The smallest absolute Gasteiger partial charge is 0.299 e. The number of hydrogen-bond donors (Lipinski definition) is 0. The number of hydrogen-bond acceptors (Lipinski definition) is 3. The normalized spacial score (nSPS) is 16.2. The monoisotopic (exact) mass is 230 g/mol. The van der Waals surface area contributed by atoms with Gasteiger partial charge in [0, 0.05) is 13.2 Å². The van der Waals surface area contributed by atoms with Gasteiger partial charge >= 0.3 is 0 Å². The second kappa shape index (κ2) is 2.82. The molecule has 1 aromatic heterocycles. The molecule has 0 saturated heterocycles. The van der Waals surface area contributed by atoms with Gasteiger partial charge in [-0.15, -0.1) is 0 Å². The summed E-state index contributed by atoms with van der Waals surface area (Å²) in [7, 11) is 1.89. The van der Waals surface area contributed by atoms with E-state index in [2.05, 4.69) is 20.9 Å². The molecule has 1 aromatic rings. The van der Waals surface area contributed by atoms with Crippen molar-refractivity contribution in [1.29, 1.82) is 0 Å². The van der Waals surface area contributed by atoms with Gasteiger partial charge in [0.1, 0.15) is 17.1 Å². The van der Waals surface area contributed by atoms with Gasteiger partial charge < -0.3 is 14.0 Å². The van der Waals surface area contributed by atoms with Crippen LogP contribution in [0.15, 0.2) is 23.3 Å². The molecule has 12 heavy (non-hydrogen) atoms. The van der Waals surface area contributed by atoms with Crippen LogP contribution in [0.3, 0.4) is 0 Å². The molecule has 0 atom stereocenters. The SMILES string of the molecule is Cn1cc(Br)nc1C1OC=CO1. The Morgan fingerprint density at radius 1 is 1.50 bits per heavy atom. The zero-order valence-corrected chi connectivity index (χ0v) is 7.98. The molecular formula is C7H7BrN2O2. The summed E-state index contributed by atoms with van der Waals surface area (Å²) in [5.41, 5.74) is 0. The van der Waals surface area contributed by atoms with Crippen LogP contribution in [-0.2, 0) is 16.5 Å². The van der Waals surface area contributed by atoms with Crippen molar-refractivity contribution in [3.05, 3.63) is 29.1 Å². The second-order valence-electron chi connectivity index (χ2n) is 2.41. The molecule has 0 fully saturated rings. The molecule has 1 aliphatic rings. The first-order chi connectivity index (χ1) is 5.77. The minimum absolute atomic E-state index is 0.402. The summed E-state index contributed by atoms with van der Waals surface area (Å²) < 4.78 is 12.9. The van der Waals surface area contributed by atoms with Crippen LogP contribution in [0.2, 0.25) is 0 Å². The molecule has 0 aromatic carbocycles. The molecule has 2 heterocycles. The van der Waals surface area contributed by atoms with E-state index in [4.69, 9.17) is 9.47 Å². The number of imidazole rings is 1. The highest BCUT2D eigenvalue weighted by atomic mass is 79.9. The molecule has 1 aliphatic heterocycles. The predicted octanol–water partition coefficient (Wildman–Crippen LogP) is 1.70. The summed E-state index contributed by atoms with van der Waals surface area (Å²) in [6, 6.07) is 0. The minimum atomic E-state index is -0.402. The number of aryl methyl sites for hydroxylation is 1. The summed E-state index contributed by atoms with van der Waals surface area (Å²) in [5, 5.41) is 0. The largest absolute Gasteiger partial charge is 0.452 e. The first kappa shape index (κ1) is 7.67. The third-order valence-corrected chi connectivity index (χ3v) is 1.94. The molecule has 0 bridgehead atoms. The first-order valence-corrected chi connectivity index (χ1v) is 4.21. The lowest BCUT2D eigenvalue weighted by Gasteiger charge is -2.08. The number of halogens is 1. The maximum atomic E-state index is 5.13. The fraction of sp³-hybridized carbons (Fsp3) is 0.286. The summed E-state index contributed by atoms with van der Waals surface area (Å²) in [4.78, 5) is 4.18. The Kier molecular flexibility index (Phi) is 1.80. The molecule has 4 nitrogen and oxygen atoms in total. The molecule has 5 heteroatoms. The van der Waals surface area contributed by atoms with Crippen molar-refractivity contribution in [2.75, 3.05) is 0 Å². The van der Waals surface area contributed by atoms with E-state index >= 15 is 0 Å². The van der Waals surface area contributed by atoms with Gasteiger partial charge in [0.25, 0.3) is 6.29 Å². The van der Waals surface area contributed by atoms with E-state index in [0.717, 1.165) is 10.4 Å². The van der Waals surface area contributed by atoms with Gasteiger partial charge in [-0.3, -0.25) is 0 Å². The predicted molar refractivity (Wildman–Crippen MR) is 45.0 cm³/mol. The van der Waals surface area contributed by atoms with E-state index in [1.165, 1.54) is 12.5 Å².